The van der Waals surface area contributed by atoms with Crippen LogP contribution in [0.25, 0.3) is 0 Å². The Labute approximate surface area is 408 Å². The topological polar surface area (TPSA) is 69.6 Å². The van der Waals surface area contributed by atoms with Crippen LogP contribution in [-0.4, -0.2) is 34.9 Å². The lowest BCUT2D eigenvalue weighted by Gasteiger charge is -2.20. The lowest BCUT2D eigenvalue weighted by atomic mass is 10.0. The van der Waals surface area contributed by atoms with Crippen molar-refractivity contribution in [3.63, 3.8) is 0 Å². The van der Waals surface area contributed by atoms with Gasteiger partial charge in [-0.15, -0.1) is 0 Å². The number of aliphatic hydroxyl groups is 2. The van der Waals surface area contributed by atoms with Gasteiger partial charge in [0, 0.05) is 6.42 Å². The standard InChI is InChI=1S/C61H117NO3/c1-3-5-7-9-11-13-15-17-19-21-23-25-27-29-30-31-33-34-36-38-40-42-44-46-48-50-52-54-56-60(64)59(58-63)62-61(65)57-55-53-51-49-47-45-43-41-39-37-35-32-28-26-24-22-20-18-16-14-12-10-8-6-4-2/h16,18,22,24,54,56,59-60,63-64H,3-15,17,19-21,23,25-53,55,57-58H2,1-2H3,(H,62,65)/b18-16-,24-22-,56-54+. The first kappa shape index (κ1) is 63.6. The number of allylic oxidation sites excluding steroid dienone is 5. The summed E-state index contributed by atoms with van der Waals surface area (Å²) in [6.07, 6.45) is 77.5. The van der Waals surface area contributed by atoms with E-state index in [2.05, 4.69) is 43.5 Å². The number of hydrogen-bond acceptors (Lipinski definition) is 3. The van der Waals surface area contributed by atoms with E-state index < -0.39 is 12.1 Å². The number of carbonyl (C=O) groups excluding carboxylic acids is 1. The summed E-state index contributed by atoms with van der Waals surface area (Å²) in [5, 5.41) is 23.2. The van der Waals surface area contributed by atoms with Gasteiger partial charge in [0.1, 0.15) is 0 Å². The molecule has 384 valence electrons. The van der Waals surface area contributed by atoms with Crippen LogP contribution in [0.5, 0.6) is 0 Å². The summed E-state index contributed by atoms with van der Waals surface area (Å²) in [5.74, 6) is -0.0603. The van der Waals surface area contributed by atoms with Gasteiger partial charge in [0.05, 0.1) is 18.8 Å². The van der Waals surface area contributed by atoms with Gasteiger partial charge < -0.3 is 15.5 Å². The average molecular weight is 913 g/mol. The van der Waals surface area contributed by atoms with Gasteiger partial charge in [-0.2, -0.15) is 0 Å². The second kappa shape index (κ2) is 56.9. The maximum absolute atomic E-state index is 12.5. The Morgan fingerprint density at radius 1 is 0.369 bits per heavy atom. The van der Waals surface area contributed by atoms with E-state index in [9.17, 15) is 15.0 Å². The third kappa shape index (κ3) is 53.4. The fraction of sp³-hybridized carbons (Fsp3) is 0.885. The summed E-state index contributed by atoms with van der Waals surface area (Å²) in [4.78, 5) is 12.5. The molecule has 65 heavy (non-hydrogen) atoms. The Morgan fingerprint density at radius 3 is 0.923 bits per heavy atom. The lowest BCUT2D eigenvalue weighted by molar-refractivity contribution is -0.123. The number of hydrogen-bond donors (Lipinski definition) is 3. The third-order valence-electron chi connectivity index (χ3n) is 13.9. The van der Waals surface area contributed by atoms with Crippen LogP contribution >= 0.6 is 0 Å². The Hall–Kier alpha value is -1.39. The SMILES string of the molecule is CCCCCCC/C=C\C/C=C\CCCCCCCCCCCCCCCC(=O)NC(CO)C(O)/C=C/CCCCCCCCCCCCCCCCCCCCCCCCCCCC. The van der Waals surface area contributed by atoms with Gasteiger partial charge >= 0.3 is 0 Å². The maximum atomic E-state index is 12.5. The van der Waals surface area contributed by atoms with E-state index in [1.54, 1.807) is 6.08 Å². The number of rotatable bonds is 55. The fourth-order valence-corrected chi connectivity index (χ4v) is 9.33. The number of carbonyl (C=O) groups is 1. The van der Waals surface area contributed by atoms with Crippen molar-refractivity contribution in [2.45, 2.75) is 341 Å². The van der Waals surface area contributed by atoms with E-state index in [-0.39, 0.29) is 12.5 Å². The molecule has 4 nitrogen and oxygen atoms in total. The molecule has 0 aliphatic carbocycles. The Morgan fingerprint density at radius 2 is 0.631 bits per heavy atom. The molecule has 0 fully saturated rings. The first-order valence-corrected chi connectivity index (χ1v) is 29.7. The Balaban J connectivity index is 3.47. The first-order chi connectivity index (χ1) is 32.2. The van der Waals surface area contributed by atoms with Gasteiger partial charge in [-0.3, -0.25) is 4.79 Å². The zero-order valence-electron chi connectivity index (χ0n) is 44.3. The van der Waals surface area contributed by atoms with Crippen LogP contribution in [0.2, 0.25) is 0 Å². The minimum absolute atomic E-state index is 0.0603. The minimum atomic E-state index is -0.840. The van der Waals surface area contributed by atoms with Crippen molar-refractivity contribution in [1.82, 2.24) is 5.32 Å². The van der Waals surface area contributed by atoms with Crippen LogP contribution in [0.1, 0.15) is 328 Å². The summed E-state index contributed by atoms with van der Waals surface area (Å²) >= 11 is 0. The molecule has 0 saturated heterocycles. The van der Waals surface area contributed by atoms with E-state index >= 15 is 0 Å². The summed E-state index contributed by atoms with van der Waals surface area (Å²) in [7, 11) is 0. The number of unbranched alkanes of at least 4 members (excludes halogenated alkanes) is 44. The highest BCUT2D eigenvalue weighted by molar-refractivity contribution is 5.76. The summed E-state index contributed by atoms with van der Waals surface area (Å²) in [5.41, 5.74) is 0. The molecular weight excluding hydrogens is 795 g/mol. The van der Waals surface area contributed by atoms with Crippen molar-refractivity contribution in [2.24, 2.45) is 0 Å². The van der Waals surface area contributed by atoms with E-state index in [0.29, 0.717) is 6.42 Å². The third-order valence-corrected chi connectivity index (χ3v) is 13.9. The summed E-state index contributed by atoms with van der Waals surface area (Å²) in [6, 6.07) is -0.623. The predicted octanol–water partition coefficient (Wildman–Crippen LogP) is 19.6. The lowest BCUT2D eigenvalue weighted by Crippen LogP contribution is -2.45. The summed E-state index contributed by atoms with van der Waals surface area (Å²) < 4.78 is 0. The molecule has 2 atom stereocenters. The van der Waals surface area contributed by atoms with Crippen LogP contribution < -0.4 is 5.32 Å². The van der Waals surface area contributed by atoms with Crippen molar-refractivity contribution >= 4 is 5.91 Å². The van der Waals surface area contributed by atoms with Crippen molar-refractivity contribution in [3.8, 4) is 0 Å². The zero-order valence-corrected chi connectivity index (χ0v) is 44.3. The van der Waals surface area contributed by atoms with Crippen LogP contribution in [0.4, 0.5) is 0 Å². The van der Waals surface area contributed by atoms with Crippen LogP contribution in [0.3, 0.4) is 0 Å². The highest BCUT2D eigenvalue weighted by atomic mass is 16.3. The van der Waals surface area contributed by atoms with Gasteiger partial charge in [0.25, 0.3) is 0 Å². The second-order valence-electron chi connectivity index (χ2n) is 20.4. The molecule has 0 saturated carbocycles. The molecular formula is C61H117NO3. The molecule has 0 aromatic heterocycles. The quantitative estimate of drug-likeness (QED) is 0.0421. The highest BCUT2D eigenvalue weighted by Crippen LogP contribution is 2.18. The molecule has 0 rings (SSSR count). The molecule has 0 radical (unpaired) electrons. The van der Waals surface area contributed by atoms with Crippen molar-refractivity contribution in [1.29, 1.82) is 0 Å². The molecule has 4 heteroatoms. The molecule has 0 aromatic rings. The van der Waals surface area contributed by atoms with E-state index in [0.717, 1.165) is 32.1 Å². The second-order valence-corrected chi connectivity index (χ2v) is 20.4. The molecule has 2 unspecified atom stereocenters. The first-order valence-electron chi connectivity index (χ1n) is 29.7. The van der Waals surface area contributed by atoms with Crippen LogP contribution in [-0.2, 0) is 4.79 Å². The molecule has 0 aliphatic heterocycles. The molecule has 3 N–H and O–H groups in total. The molecule has 0 bridgehead atoms. The van der Waals surface area contributed by atoms with Crippen LogP contribution in [0, 0.1) is 0 Å². The van der Waals surface area contributed by atoms with Crippen molar-refractivity contribution in [2.75, 3.05) is 6.61 Å². The van der Waals surface area contributed by atoms with Gasteiger partial charge in [-0.05, 0) is 51.4 Å². The fourth-order valence-electron chi connectivity index (χ4n) is 9.33. The smallest absolute Gasteiger partial charge is 0.220 e. The molecule has 1 amide bonds. The normalized spacial score (nSPS) is 13.0. The minimum Gasteiger partial charge on any atom is -0.394 e. The molecule has 0 aromatic carbocycles. The number of aliphatic hydroxyl groups excluding tert-OH is 2. The number of nitrogens with one attached hydrogen (secondary N) is 1. The van der Waals surface area contributed by atoms with Gasteiger partial charge in [-0.25, -0.2) is 0 Å². The van der Waals surface area contributed by atoms with Crippen molar-refractivity contribution in [3.05, 3.63) is 36.5 Å². The Bertz CT molecular complexity index is 989. The molecule has 0 spiro atoms. The Kier molecular flexibility index (Phi) is 55.7. The summed E-state index contributed by atoms with van der Waals surface area (Å²) in [6.45, 7) is 4.33. The molecule has 0 aliphatic rings. The average Bonchev–Trinajstić information content (AvgIpc) is 3.31. The largest absolute Gasteiger partial charge is 0.394 e. The van der Waals surface area contributed by atoms with Crippen LogP contribution in [0.15, 0.2) is 36.5 Å². The van der Waals surface area contributed by atoms with E-state index in [4.69, 9.17) is 0 Å². The van der Waals surface area contributed by atoms with Gasteiger partial charge in [0.2, 0.25) is 5.91 Å². The monoisotopic (exact) mass is 912 g/mol. The van der Waals surface area contributed by atoms with Gasteiger partial charge in [-0.1, -0.05) is 307 Å². The van der Waals surface area contributed by atoms with E-state index in [1.165, 1.54) is 276 Å². The van der Waals surface area contributed by atoms with Crippen molar-refractivity contribution < 1.29 is 15.0 Å². The highest BCUT2D eigenvalue weighted by Gasteiger charge is 2.18. The maximum Gasteiger partial charge on any atom is 0.220 e. The predicted molar refractivity (Wildman–Crippen MR) is 290 cm³/mol. The van der Waals surface area contributed by atoms with E-state index in [1.807, 2.05) is 6.08 Å². The van der Waals surface area contributed by atoms with Gasteiger partial charge in [0.15, 0.2) is 0 Å². The zero-order chi connectivity index (χ0) is 47.0. The number of amides is 1. The molecule has 0 heterocycles.